The molecule has 26 heavy (non-hydrogen) atoms. The van der Waals surface area contributed by atoms with E-state index in [-0.39, 0.29) is 17.7 Å². The average Bonchev–Trinajstić information content (AvgIpc) is 2.67. The van der Waals surface area contributed by atoms with Crippen LogP contribution in [0.4, 0.5) is 4.79 Å². The van der Waals surface area contributed by atoms with Crippen molar-refractivity contribution >= 4 is 12.0 Å². The Morgan fingerprint density at radius 1 is 1.08 bits per heavy atom. The maximum absolute atomic E-state index is 12.4. The molecule has 1 saturated heterocycles. The summed E-state index contributed by atoms with van der Waals surface area (Å²) in [6, 6.07) is 16.5. The summed E-state index contributed by atoms with van der Waals surface area (Å²) < 4.78 is 5.78. The van der Waals surface area contributed by atoms with Crippen LogP contribution in [0, 0.1) is 0 Å². The van der Waals surface area contributed by atoms with E-state index >= 15 is 0 Å². The van der Waals surface area contributed by atoms with Crippen LogP contribution >= 0.6 is 0 Å². The normalized spacial score (nSPS) is 16.9. The molecule has 0 aliphatic carbocycles. The monoisotopic (exact) mass is 354 g/mol. The van der Waals surface area contributed by atoms with Crippen molar-refractivity contribution < 1.29 is 19.4 Å². The number of hydrogen-bond donors (Lipinski definition) is 2. The number of carbonyl (C=O) groups excluding carboxylic acids is 1. The predicted molar refractivity (Wildman–Crippen MR) is 97.1 cm³/mol. The van der Waals surface area contributed by atoms with Crippen LogP contribution < -0.4 is 5.32 Å². The molecule has 1 unspecified atom stereocenters. The molecular weight excluding hydrogens is 332 g/mol. The van der Waals surface area contributed by atoms with E-state index < -0.39 is 5.97 Å². The lowest BCUT2D eigenvalue weighted by Gasteiger charge is -2.33. The van der Waals surface area contributed by atoms with E-state index in [1.807, 2.05) is 18.2 Å². The Morgan fingerprint density at radius 2 is 1.81 bits per heavy atom. The standard InChI is InChI=1S/C20H22N2O4/c23-19(24)17-8-6-16(7-9-17)13-21-20(25)22-10-11-26-18(14-22)12-15-4-2-1-3-5-15/h1-9,18H,10-14H2,(H,21,25)(H,23,24). The van der Waals surface area contributed by atoms with E-state index in [0.29, 0.717) is 26.2 Å². The summed E-state index contributed by atoms with van der Waals surface area (Å²) >= 11 is 0. The van der Waals surface area contributed by atoms with Gasteiger partial charge in [0.2, 0.25) is 0 Å². The van der Waals surface area contributed by atoms with Crippen molar-refractivity contribution in [1.29, 1.82) is 0 Å². The van der Waals surface area contributed by atoms with Gasteiger partial charge in [-0.25, -0.2) is 9.59 Å². The molecule has 0 spiro atoms. The molecule has 6 nitrogen and oxygen atoms in total. The summed E-state index contributed by atoms with van der Waals surface area (Å²) in [5.74, 6) is -0.960. The molecule has 0 aromatic heterocycles. The first-order chi connectivity index (χ1) is 12.6. The van der Waals surface area contributed by atoms with E-state index in [0.717, 1.165) is 12.0 Å². The molecule has 2 aromatic rings. The SMILES string of the molecule is O=C(O)c1ccc(CNC(=O)N2CCOC(Cc3ccccc3)C2)cc1. The van der Waals surface area contributed by atoms with Crippen LogP contribution in [0.3, 0.4) is 0 Å². The maximum atomic E-state index is 12.4. The van der Waals surface area contributed by atoms with E-state index in [9.17, 15) is 9.59 Å². The highest BCUT2D eigenvalue weighted by molar-refractivity contribution is 5.87. The molecule has 0 saturated carbocycles. The second-order valence-electron chi connectivity index (χ2n) is 6.29. The first-order valence-corrected chi connectivity index (χ1v) is 8.62. The summed E-state index contributed by atoms with van der Waals surface area (Å²) in [6.07, 6.45) is 0.771. The number of benzene rings is 2. The zero-order valence-corrected chi connectivity index (χ0v) is 14.4. The molecule has 2 aromatic carbocycles. The number of rotatable bonds is 5. The Kier molecular flexibility index (Phi) is 5.86. The van der Waals surface area contributed by atoms with Gasteiger partial charge in [-0.15, -0.1) is 0 Å². The van der Waals surface area contributed by atoms with Crippen molar-refractivity contribution in [1.82, 2.24) is 10.2 Å². The fraction of sp³-hybridized carbons (Fsp3) is 0.300. The number of nitrogens with zero attached hydrogens (tertiary/aromatic N) is 1. The van der Waals surface area contributed by atoms with Gasteiger partial charge in [0.05, 0.1) is 18.3 Å². The minimum Gasteiger partial charge on any atom is -0.478 e. The van der Waals surface area contributed by atoms with Crippen LogP contribution in [0.5, 0.6) is 0 Å². The summed E-state index contributed by atoms with van der Waals surface area (Å²) in [4.78, 5) is 25.0. The Balaban J connectivity index is 1.50. The lowest BCUT2D eigenvalue weighted by molar-refractivity contribution is -0.0133. The van der Waals surface area contributed by atoms with Gasteiger partial charge in [-0.1, -0.05) is 42.5 Å². The van der Waals surface area contributed by atoms with Crippen molar-refractivity contribution in [3.05, 3.63) is 71.3 Å². The Bertz CT molecular complexity index is 746. The molecule has 1 heterocycles. The molecule has 2 N–H and O–H groups in total. The van der Waals surface area contributed by atoms with Crippen molar-refractivity contribution in [2.45, 2.75) is 19.1 Å². The van der Waals surface area contributed by atoms with Crippen LogP contribution in [-0.4, -0.2) is 47.8 Å². The van der Waals surface area contributed by atoms with Gasteiger partial charge >= 0.3 is 12.0 Å². The van der Waals surface area contributed by atoms with Gasteiger partial charge in [0.1, 0.15) is 0 Å². The molecule has 6 heteroatoms. The van der Waals surface area contributed by atoms with Crippen molar-refractivity contribution in [2.24, 2.45) is 0 Å². The van der Waals surface area contributed by atoms with Gasteiger partial charge in [0.25, 0.3) is 0 Å². The zero-order chi connectivity index (χ0) is 18.4. The number of nitrogens with one attached hydrogen (secondary N) is 1. The number of morpholine rings is 1. The van der Waals surface area contributed by atoms with Crippen molar-refractivity contribution in [3.63, 3.8) is 0 Å². The molecule has 3 rings (SSSR count). The number of hydrogen-bond acceptors (Lipinski definition) is 3. The molecule has 1 fully saturated rings. The highest BCUT2D eigenvalue weighted by Crippen LogP contribution is 2.12. The summed E-state index contributed by atoms with van der Waals surface area (Å²) in [5.41, 5.74) is 2.28. The number of carboxylic acid groups (broad SMARTS) is 1. The fourth-order valence-corrected chi connectivity index (χ4v) is 2.96. The summed E-state index contributed by atoms with van der Waals surface area (Å²) in [6.45, 7) is 2.01. The Morgan fingerprint density at radius 3 is 2.50 bits per heavy atom. The van der Waals surface area contributed by atoms with Gasteiger partial charge < -0.3 is 20.1 Å². The second-order valence-corrected chi connectivity index (χ2v) is 6.29. The third-order valence-corrected chi connectivity index (χ3v) is 4.38. The molecule has 0 radical (unpaired) electrons. The third kappa shape index (κ3) is 4.83. The Labute approximate surface area is 152 Å². The van der Waals surface area contributed by atoms with Crippen molar-refractivity contribution in [3.8, 4) is 0 Å². The summed E-state index contributed by atoms with van der Waals surface area (Å²) in [5, 5.41) is 11.8. The van der Waals surface area contributed by atoms with Gasteiger partial charge in [-0.05, 0) is 23.3 Å². The van der Waals surface area contributed by atoms with Gasteiger partial charge in [0.15, 0.2) is 0 Å². The van der Waals surface area contributed by atoms with Crippen molar-refractivity contribution in [2.75, 3.05) is 19.7 Å². The minimum atomic E-state index is -0.960. The molecule has 1 aliphatic rings. The molecule has 2 amide bonds. The second kappa shape index (κ2) is 8.49. The van der Waals surface area contributed by atoms with Crippen LogP contribution in [0.15, 0.2) is 54.6 Å². The lowest BCUT2D eigenvalue weighted by Crippen LogP contribution is -2.50. The average molecular weight is 354 g/mol. The number of urea groups is 1. The predicted octanol–water partition coefficient (Wildman–Crippen LogP) is 2.54. The fourth-order valence-electron chi connectivity index (χ4n) is 2.96. The topological polar surface area (TPSA) is 78.9 Å². The third-order valence-electron chi connectivity index (χ3n) is 4.38. The van der Waals surface area contributed by atoms with E-state index in [2.05, 4.69) is 17.4 Å². The smallest absolute Gasteiger partial charge is 0.335 e. The van der Waals surface area contributed by atoms with Crippen LogP contribution in [-0.2, 0) is 17.7 Å². The van der Waals surface area contributed by atoms with E-state index in [1.54, 1.807) is 17.0 Å². The molecule has 0 bridgehead atoms. The quantitative estimate of drug-likeness (QED) is 0.865. The number of carbonyl (C=O) groups is 2. The first kappa shape index (κ1) is 17.9. The highest BCUT2D eigenvalue weighted by Gasteiger charge is 2.24. The largest absolute Gasteiger partial charge is 0.478 e. The minimum absolute atomic E-state index is 0.00764. The van der Waals surface area contributed by atoms with Gasteiger partial charge in [-0.2, -0.15) is 0 Å². The van der Waals surface area contributed by atoms with Gasteiger partial charge in [0, 0.05) is 26.1 Å². The number of carboxylic acids is 1. The van der Waals surface area contributed by atoms with Gasteiger partial charge in [-0.3, -0.25) is 0 Å². The summed E-state index contributed by atoms with van der Waals surface area (Å²) in [7, 11) is 0. The molecular formula is C20H22N2O4. The number of aromatic carboxylic acids is 1. The molecule has 1 atom stereocenters. The Hall–Kier alpha value is -2.86. The molecule has 1 aliphatic heterocycles. The molecule has 136 valence electrons. The number of amides is 2. The van der Waals surface area contributed by atoms with E-state index in [1.165, 1.54) is 17.7 Å². The van der Waals surface area contributed by atoms with Crippen LogP contribution in [0.25, 0.3) is 0 Å². The number of ether oxygens (including phenoxy) is 1. The highest BCUT2D eigenvalue weighted by atomic mass is 16.5. The lowest BCUT2D eigenvalue weighted by atomic mass is 10.1. The van der Waals surface area contributed by atoms with Crippen LogP contribution in [0.2, 0.25) is 0 Å². The first-order valence-electron chi connectivity index (χ1n) is 8.62. The maximum Gasteiger partial charge on any atom is 0.335 e. The zero-order valence-electron chi connectivity index (χ0n) is 14.4. The van der Waals surface area contributed by atoms with E-state index in [4.69, 9.17) is 9.84 Å². The van der Waals surface area contributed by atoms with Crippen LogP contribution in [0.1, 0.15) is 21.5 Å².